The van der Waals surface area contributed by atoms with Gasteiger partial charge in [0, 0.05) is 30.1 Å². The van der Waals surface area contributed by atoms with Crippen molar-refractivity contribution in [3.8, 4) is 0 Å². The molecule has 8 unspecified atom stereocenters. The van der Waals surface area contributed by atoms with Gasteiger partial charge in [-0.05, 0) is 91.9 Å². The van der Waals surface area contributed by atoms with Crippen LogP contribution in [0, 0.1) is 39.9 Å². The zero-order chi connectivity index (χ0) is 24.1. The van der Waals surface area contributed by atoms with Gasteiger partial charge in [0.05, 0.1) is 11.5 Å². The molecule has 4 N–H and O–H groups in total. The average molecular weight is 514 g/mol. The first-order valence-corrected chi connectivity index (χ1v) is 16.3. The smallest absolute Gasteiger partial charge is 0.189 e. The van der Waals surface area contributed by atoms with Crippen LogP contribution in [0.4, 0.5) is 0 Å². The van der Waals surface area contributed by atoms with E-state index in [1.807, 2.05) is 21.6 Å². The summed E-state index contributed by atoms with van der Waals surface area (Å²) in [6.07, 6.45) is 14.2. The Morgan fingerprint density at radius 2 is 2.14 bits per heavy atom. The fourth-order valence-electron chi connectivity index (χ4n) is 10.5. The Bertz CT molecular complexity index is 1060. The van der Waals surface area contributed by atoms with E-state index >= 15 is 0 Å². The molecule has 7 heteroatoms. The van der Waals surface area contributed by atoms with Crippen molar-refractivity contribution in [3.05, 3.63) is 23.3 Å². The van der Waals surface area contributed by atoms with Crippen molar-refractivity contribution in [2.24, 2.45) is 50.6 Å². The second kappa shape index (κ2) is 7.80. The summed E-state index contributed by atoms with van der Waals surface area (Å²) in [6, 6.07) is 0. The van der Waals surface area contributed by atoms with E-state index in [1.165, 1.54) is 12.0 Å². The SMILES string of the molecule is CC12CCSSCC3(CCCC4=C5C6CCC(CO)(CC61)C1CC=CC(C4=O)C512)CCN=C(N)N3. The third-order valence-electron chi connectivity index (χ3n) is 11.8. The largest absolute Gasteiger partial charge is 0.396 e. The molecule has 0 aromatic rings. The van der Waals surface area contributed by atoms with Crippen LogP contribution < -0.4 is 11.1 Å². The molecular formula is C28H39N3O2S2. The first-order valence-electron chi connectivity index (χ1n) is 13.8. The molecule has 2 spiro atoms. The molecule has 5 aliphatic carbocycles. The number of Topliss-reactive ketones (excluding diaryl/α,β-unsaturated/α-hetero) is 1. The van der Waals surface area contributed by atoms with Crippen LogP contribution in [0.5, 0.6) is 0 Å². The minimum atomic E-state index is -0.0574. The van der Waals surface area contributed by atoms with E-state index in [-0.39, 0.29) is 34.3 Å². The minimum Gasteiger partial charge on any atom is -0.396 e. The summed E-state index contributed by atoms with van der Waals surface area (Å²) in [5.74, 6) is 4.73. The lowest BCUT2D eigenvalue weighted by Crippen LogP contribution is -2.61. The molecule has 0 radical (unpaired) electrons. The number of carbonyl (C=O) groups excluding carboxylic acids is 1. The van der Waals surface area contributed by atoms with Crippen LogP contribution >= 0.6 is 21.6 Å². The molecule has 2 aliphatic heterocycles. The number of rotatable bonds is 1. The Balaban J connectivity index is 1.36. The molecular weight excluding hydrogens is 474 g/mol. The molecule has 7 rings (SSSR count). The Morgan fingerprint density at radius 3 is 2.97 bits per heavy atom. The van der Waals surface area contributed by atoms with E-state index < -0.39 is 0 Å². The molecule has 3 saturated carbocycles. The van der Waals surface area contributed by atoms with Gasteiger partial charge < -0.3 is 16.2 Å². The van der Waals surface area contributed by atoms with Gasteiger partial charge in [-0.25, -0.2) is 0 Å². The molecule has 190 valence electrons. The molecule has 0 aromatic heterocycles. The molecule has 0 aromatic carbocycles. The highest BCUT2D eigenvalue weighted by Gasteiger charge is 2.80. The zero-order valence-corrected chi connectivity index (χ0v) is 22.5. The lowest BCUT2D eigenvalue weighted by atomic mass is 9.39. The van der Waals surface area contributed by atoms with E-state index in [4.69, 9.17) is 5.73 Å². The summed E-state index contributed by atoms with van der Waals surface area (Å²) in [4.78, 5) is 18.6. The number of aliphatic hydroxyl groups excluding tert-OH is 1. The van der Waals surface area contributed by atoms with Gasteiger partial charge in [-0.2, -0.15) is 0 Å². The van der Waals surface area contributed by atoms with Gasteiger partial charge >= 0.3 is 0 Å². The highest BCUT2D eigenvalue weighted by Crippen LogP contribution is 2.84. The lowest BCUT2D eigenvalue weighted by Gasteiger charge is -2.65. The number of fused-ring (bicyclic) bond motifs is 2. The van der Waals surface area contributed by atoms with Gasteiger partial charge in [0.25, 0.3) is 0 Å². The van der Waals surface area contributed by atoms with Gasteiger partial charge in [-0.15, -0.1) is 0 Å². The van der Waals surface area contributed by atoms with Crippen LogP contribution in [0.2, 0.25) is 0 Å². The third kappa shape index (κ3) is 2.79. The van der Waals surface area contributed by atoms with Crippen molar-refractivity contribution in [2.75, 3.05) is 24.7 Å². The average Bonchev–Trinajstić information content (AvgIpc) is 3.11. The lowest BCUT2D eigenvalue weighted by molar-refractivity contribution is -0.171. The van der Waals surface area contributed by atoms with E-state index in [0.29, 0.717) is 29.5 Å². The van der Waals surface area contributed by atoms with Crippen molar-refractivity contribution < 1.29 is 9.90 Å². The van der Waals surface area contributed by atoms with Gasteiger partial charge in [0.1, 0.15) is 0 Å². The van der Waals surface area contributed by atoms with Crippen molar-refractivity contribution in [3.63, 3.8) is 0 Å². The van der Waals surface area contributed by atoms with Gasteiger partial charge in [-0.3, -0.25) is 9.79 Å². The molecule has 2 heterocycles. The Morgan fingerprint density at radius 1 is 1.26 bits per heavy atom. The third-order valence-corrected chi connectivity index (χ3v) is 14.4. The Hall–Kier alpha value is -0.920. The standard InChI is InChI=1S/C28H39N3O2S2/c1-25-11-13-34-35-16-27(10-12-30-24(29)31-27)8-3-4-18-22-17-7-9-26(15-32,14-20(17)25)21-6-2-5-19(23(18)33)28(21,22)25/h2,5,17,19-21,32H,3-4,6-16H2,1H3,(H3,29,30,31). The quantitative estimate of drug-likeness (QED) is 0.354. The Labute approximate surface area is 217 Å². The fourth-order valence-corrected chi connectivity index (χ4v) is 13.3. The molecule has 0 amide bonds. The highest BCUT2D eigenvalue weighted by molar-refractivity contribution is 8.76. The minimum absolute atomic E-state index is 0.00166. The molecule has 5 nitrogen and oxygen atoms in total. The van der Waals surface area contributed by atoms with Crippen molar-refractivity contribution in [1.29, 1.82) is 0 Å². The number of allylic oxidation sites excluding steroid dienone is 4. The molecule has 3 fully saturated rings. The van der Waals surface area contributed by atoms with E-state index in [9.17, 15) is 9.90 Å². The maximum Gasteiger partial charge on any atom is 0.189 e. The first-order chi connectivity index (χ1) is 16.9. The molecule has 6 bridgehead atoms. The van der Waals surface area contributed by atoms with Gasteiger partial charge in [0.2, 0.25) is 0 Å². The molecule has 35 heavy (non-hydrogen) atoms. The molecule has 8 atom stereocenters. The summed E-state index contributed by atoms with van der Waals surface area (Å²) < 4.78 is 0. The second-order valence-corrected chi connectivity index (χ2v) is 15.4. The first kappa shape index (κ1) is 23.2. The Kier molecular flexibility index (Phi) is 5.17. The summed E-state index contributed by atoms with van der Waals surface area (Å²) >= 11 is 0. The topological polar surface area (TPSA) is 87.7 Å². The zero-order valence-electron chi connectivity index (χ0n) is 20.9. The number of guanidine groups is 1. The number of hydrogen-bond donors (Lipinski definition) is 3. The number of aliphatic imine (C=N–C) groups is 1. The number of aliphatic hydroxyl groups is 1. The number of nitrogens with one attached hydrogen (secondary N) is 1. The van der Waals surface area contributed by atoms with Crippen LogP contribution in [-0.2, 0) is 4.79 Å². The molecule has 7 aliphatic rings. The summed E-state index contributed by atoms with van der Waals surface area (Å²) in [5.41, 5.74) is 9.01. The summed E-state index contributed by atoms with van der Waals surface area (Å²) in [6.45, 7) is 3.64. The predicted octanol–water partition coefficient (Wildman–Crippen LogP) is 4.48. The van der Waals surface area contributed by atoms with Crippen LogP contribution in [0.25, 0.3) is 0 Å². The predicted molar refractivity (Wildman–Crippen MR) is 144 cm³/mol. The maximum atomic E-state index is 14.2. The van der Waals surface area contributed by atoms with Crippen LogP contribution in [0.3, 0.4) is 0 Å². The number of carbonyl (C=O) groups is 1. The second-order valence-electron chi connectivity index (χ2n) is 12.8. The molecule has 0 saturated heterocycles. The van der Waals surface area contributed by atoms with Gasteiger partial charge in [0.15, 0.2) is 11.7 Å². The van der Waals surface area contributed by atoms with E-state index in [0.717, 1.165) is 69.4 Å². The van der Waals surface area contributed by atoms with E-state index in [1.54, 1.807) is 5.57 Å². The number of ketones is 1. The summed E-state index contributed by atoms with van der Waals surface area (Å²) in [5, 5.41) is 14.4. The monoisotopic (exact) mass is 513 g/mol. The van der Waals surface area contributed by atoms with Crippen LogP contribution in [0.1, 0.15) is 64.7 Å². The van der Waals surface area contributed by atoms with Crippen LogP contribution in [-0.4, -0.2) is 47.0 Å². The number of nitrogens with two attached hydrogens (primary N) is 1. The van der Waals surface area contributed by atoms with Crippen molar-refractivity contribution in [2.45, 2.75) is 70.3 Å². The van der Waals surface area contributed by atoms with Gasteiger partial charge in [-0.1, -0.05) is 46.2 Å². The highest BCUT2D eigenvalue weighted by atomic mass is 33.1. The van der Waals surface area contributed by atoms with Crippen molar-refractivity contribution in [1.82, 2.24) is 5.32 Å². The number of hydrogen-bond acceptors (Lipinski definition) is 7. The fraction of sp³-hybridized carbons (Fsp3) is 0.786. The van der Waals surface area contributed by atoms with Crippen molar-refractivity contribution >= 4 is 33.3 Å². The van der Waals surface area contributed by atoms with Crippen LogP contribution in [0.15, 0.2) is 28.3 Å². The normalized spacial score (nSPS) is 50.5. The number of nitrogens with zero attached hydrogens (tertiary/aromatic N) is 1. The summed E-state index contributed by atoms with van der Waals surface area (Å²) in [7, 11) is 4.02. The van der Waals surface area contributed by atoms with E-state index in [2.05, 4.69) is 29.4 Å². The maximum absolute atomic E-state index is 14.2.